The summed E-state index contributed by atoms with van der Waals surface area (Å²) in [6.45, 7) is -0.151. The third kappa shape index (κ3) is 3.92. The van der Waals surface area contributed by atoms with Gasteiger partial charge in [0, 0.05) is 10.0 Å². The summed E-state index contributed by atoms with van der Waals surface area (Å²) in [4.78, 5) is -0.0269. The summed E-state index contributed by atoms with van der Waals surface area (Å²) in [6.07, 6.45) is 0. The SMILES string of the molecule is O=S(=O)(c1ccccc1Cl)N(Cc1ccccc1F)c1ccc(Br)cc1. The molecule has 0 amide bonds. The van der Waals surface area contributed by atoms with E-state index in [-0.39, 0.29) is 22.0 Å². The predicted octanol–water partition coefficient (Wildman–Crippen LogP) is 5.64. The monoisotopic (exact) mass is 453 g/mol. The lowest BCUT2D eigenvalue weighted by Gasteiger charge is -2.25. The molecule has 3 aromatic carbocycles. The van der Waals surface area contributed by atoms with Gasteiger partial charge in [-0.2, -0.15) is 0 Å². The number of hydrogen-bond acceptors (Lipinski definition) is 2. The number of hydrogen-bond donors (Lipinski definition) is 0. The van der Waals surface area contributed by atoms with E-state index in [4.69, 9.17) is 11.6 Å². The van der Waals surface area contributed by atoms with Gasteiger partial charge in [-0.15, -0.1) is 0 Å². The van der Waals surface area contributed by atoms with E-state index in [0.29, 0.717) is 5.69 Å². The summed E-state index contributed by atoms with van der Waals surface area (Å²) >= 11 is 9.44. The molecule has 26 heavy (non-hydrogen) atoms. The van der Waals surface area contributed by atoms with Gasteiger partial charge in [0.25, 0.3) is 10.0 Å². The minimum absolute atomic E-state index is 0.0269. The molecule has 3 aromatic rings. The minimum Gasteiger partial charge on any atom is -0.262 e. The van der Waals surface area contributed by atoms with Crippen molar-refractivity contribution >= 4 is 43.2 Å². The van der Waals surface area contributed by atoms with Crippen molar-refractivity contribution in [3.05, 3.63) is 93.7 Å². The highest BCUT2D eigenvalue weighted by atomic mass is 79.9. The first-order valence-corrected chi connectivity index (χ1v) is 10.3. The molecule has 0 N–H and O–H groups in total. The molecule has 134 valence electrons. The van der Waals surface area contributed by atoms with Crippen molar-refractivity contribution in [1.82, 2.24) is 0 Å². The summed E-state index contributed by atoms with van der Waals surface area (Å²) in [6, 6.07) is 19.1. The van der Waals surface area contributed by atoms with Crippen molar-refractivity contribution in [2.75, 3.05) is 4.31 Å². The van der Waals surface area contributed by atoms with Gasteiger partial charge in [-0.05, 0) is 42.5 Å². The molecule has 0 aliphatic carbocycles. The molecule has 0 aliphatic rings. The molecule has 0 atom stereocenters. The van der Waals surface area contributed by atoms with Crippen LogP contribution in [0.2, 0.25) is 5.02 Å². The molecule has 3 nitrogen and oxygen atoms in total. The van der Waals surface area contributed by atoms with Gasteiger partial charge in [-0.1, -0.05) is 57.9 Å². The summed E-state index contributed by atoms with van der Waals surface area (Å²) in [5.74, 6) is -0.469. The van der Waals surface area contributed by atoms with E-state index in [0.717, 1.165) is 8.78 Å². The highest BCUT2D eigenvalue weighted by Crippen LogP contribution is 2.31. The lowest BCUT2D eigenvalue weighted by Crippen LogP contribution is -2.31. The Kier molecular flexibility index (Phi) is 5.65. The number of benzene rings is 3. The number of sulfonamides is 1. The van der Waals surface area contributed by atoms with E-state index < -0.39 is 15.8 Å². The Hall–Kier alpha value is -1.89. The maximum absolute atomic E-state index is 14.1. The van der Waals surface area contributed by atoms with E-state index in [2.05, 4.69) is 15.9 Å². The molecule has 0 unspecified atom stereocenters. The van der Waals surface area contributed by atoms with Gasteiger partial charge in [0.05, 0.1) is 17.3 Å². The average Bonchev–Trinajstić information content (AvgIpc) is 2.62. The zero-order chi connectivity index (χ0) is 18.7. The maximum Gasteiger partial charge on any atom is 0.266 e. The minimum atomic E-state index is -3.99. The fourth-order valence-electron chi connectivity index (χ4n) is 2.48. The molecular formula is C19H14BrClFNO2S. The Balaban J connectivity index is 2.13. The highest BCUT2D eigenvalue weighted by molar-refractivity contribution is 9.10. The Bertz CT molecular complexity index is 1030. The first kappa shape index (κ1) is 18.9. The van der Waals surface area contributed by atoms with Crippen LogP contribution in [0.1, 0.15) is 5.56 Å². The topological polar surface area (TPSA) is 37.4 Å². The summed E-state index contributed by atoms with van der Waals surface area (Å²) in [5.41, 5.74) is 0.683. The Morgan fingerprint density at radius 2 is 1.54 bits per heavy atom. The number of halogens is 3. The molecule has 3 rings (SSSR count). The zero-order valence-corrected chi connectivity index (χ0v) is 16.6. The lowest BCUT2D eigenvalue weighted by molar-refractivity contribution is 0.585. The molecule has 0 fully saturated rings. The van der Waals surface area contributed by atoms with Crippen LogP contribution < -0.4 is 4.31 Å². The third-order valence-electron chi connectivity index (χ3n) is 3.79. The smallest absolute Gasteiger partial charge is 0.262 e. The van der Waals surface area contributed by atoms with Gasteiger partial charge < -0.3 is 0 Å². The fourth-order valence-corrected chi connectivity index (χ4v) is 4.68. The molecule has 0 saturated heterocycles. The molecule has 0 heterocycles. The van der Waals surface area contributed by atoms with Gasteiger partial charge in [0.1, 0.15) is 10.7 Å². The van der Waals surface area contributed by atoms with Gasteiger partial charge in [-0.25, -0.2) is 12.8 Å². The van der Waals surface area contributed by atoms with E-state index >= 15 is 0 Å². The van der Waals surface area contributed by atoms with Crippen LogP contribution in [0.25, 0.3) is 0 Å². The van der Waals surface area contributed by atoms with Crippen molar-refractivity contribution in [2.24, 2.45) is 0 Å². The molecule has 0 radical (unpaired) electrons. The second-order valence-corrected chi connectivity index (χ2v) is 8.66. The number of nitrogens with zero attached hydrogens (tertiary/aromatic N) is 1. The third-order valence-corrected chi connectivity index (χ3v) is 6.59. The highest BCUT2D eigenvalue weighted by Gasteiger charge is 2.28. The maximum atomic E-state index is 14.1. The van der Waals surface area contributed by atoms with Crippen LogP contribution in [0, 0.1) is 5.82 Å². The first-order valence-electron chi connectivity index (χ1n) is 7.66. The van der Waals surface area contributed by atoms with Gasteiger partial charge in [0.2, 0.25) is 0 Å². The van der Waals surface area contributed by atoms with Crippen molar-refractivity contribution in [3.63, 3.8) is 0 Å². The lowest BCUT2D eigenvalue weighted by atomic mass is 10.2. The Morgan fingerprint density at radius 1 is 0.923 bits per heavy atom. The Morgan fingerprint density at radius 3 is 2.19 bits per heavy atom. The van der Waals surface area contributed by atoms with E-state index in [9.17, 15) is 12.8 Å². The van der Waals surface area contributed by atoms with Crippen molar-refractivity contribution in [2.45, 2.75) is 11.4 Å². The van der Waals surface area contributed by atoms with Crippen LogP contribution >= 0.6 is 27.5 Å². The van der Waals surface area contributed by atoms with Gasteiger partial charge >= 0.3 is 0 Å². The molecule has 0 bridgehead atoms. The fraction of sp³-hybridized carbons (Fsp3) is 0.0526. The Labute approximate surface area is 165 Å². The van der Waals surface area contributed by atoms with E-state index in [1.54, 1.807) is 54.6 Å². The molecule has 0 aromatic heterocycles. The van der Waals surface area contributed by atoms with Crippen LogP contribution in [0.4, 0.5) is 10.1 Å². The molecular weight excluding hydrogens is 441 g/mol. The normalized spacial score (nSPS) is 11.3. The van der Waals surface area contributed by atoms with Crippen molar-refractivity contribution in [1.29, 1.82) is 0 Å². The number of anilines is 1. The second kappa shape index (κ2) is 7.78. The van der Waals surface area contributed by atoms with Crippen LogP contribution in [0.3, 0.4) is 0 Å². The van der Waals surface area contributed by atoms with Crippen LogP contribution in [-0.2, 0) is 16.6 Å². The van der Waals surface area contributed by atoms with E-state index in [1.807, 2.05) is 0 Å². The first-order chi connectivity index (χ1) is 12.4. The standard InChI is InChI=1S/C19H14BrClFNO2S/c20-15-9-11-16(12-10-15)23(13-14-5-1-3-7-18(14)22)26(24,25)19-8-4-2-6-17(19)21/h1-12H,13H2. The van der Waals surface area contributed by atoms with Crippen LogP contribution in [0.15, 0.2) is 82.2 Å². The average molecular weight is 455 g/mol. The molecule has 0 aliphatic heterocycles. The van der Waals surface area contributed by atoms with Crippen LogP contribution in [-0.4, -0.2) is 8.42 Å². The van der Waals surface area contributed by atoms with Gasteiger partial charge in [0.15, 0.2) is 0 Å². The van der Waals surface area contributed by atoms with Crippen molar-refractivity contribution < 1.29 is 12.8 Å². The zero-order valence-electron chi connectivity index (χ0n) is 13.4. The van der Waals surface area contributed by atoms with Crippen molar-refractivity contribution in [3.8, 4) is 0 Å². The summed E-state index contributed by atoms with van der Waals surface area (Å²) in [7, 11) is -3.99. The second-order valence-electron chi connectivity index (χ2n) is 5.51. The molecule has 0 saturated carbocycles. The quantitative estimate of drug-likeness (QED) is 0.500. The summed E-state index contributed by atoms with van der Waals surface area (Å²) < 4.78 is 42.6. The van der Waals surface area contributed by atoms with Crippen LogP contribution in [0.5, 0.6) is 0 Å². The molecule has 0 spiro atoms. The summed E-state index contributed by atoms with van der Waals surface area (Å²) in [5, 5.41) is 0.114. The molecule has 7 heteroatoms. The van der Waals surface area contributed by atoms with Gasteiger partial charge in [-0.3, -0.25) is 4.31 Å². The van der Waals surface area contributed by atoms with E-state index in [1.165, 1.54) is 18.2 Å². The largest absolute Gasteiger partial charge is 0.266 e. The predicted molar refractivity (Wildman–Crippen MR) is 105 cm³/mol. The number of rotatable bonds is 5.